The number of rotatable bonds is 7. The molecule has 8 heteroatoms. The predicted octanol–water partition coefficient (Wildman–Crippen LogP) is 0.889. The van der Waals surface area contributed by atoms with Gasteiger partial charge in [-0.05, 0) is 6.07 Å². The average Bonchev–Trinajstić information content (AvgIpc) is 2.84. The molecule has 0 spiro atoms. The largest absolute Gasteiger partial charge is 0.480 e. The van der Waals surface area contributed by atoms with E-state index in [1.807, 2.05) is 0 Å². The van der Waals surface area contributed by atoms with Gasteiger partial charge in [-0.3, -0.25) is 4.79 Å². The van der Waals surface area contributed by atoms with Gasteiger partial charge in [0.25, 0.3) is 0 Å². The quantitative estimate of drug-likeness (QED) is 0.720. The van der Waals surface area contributed by atoms with E-state index < -0.39 is 23.9 Å². The first-order valence-electron chi connectivity index (χ1n) is 5.68. The van der Waals surface area contributed by atoms with E-state index in [4.69, 9.17) is 9.52 Å². The van der Waals surface area contributed by atoms with Crippen molar-refractivity contribution < 1.29 is 28.6 Å². The summed E-state index contributed by atoms with van der Waals surface area (Å²) < 4.78 is 9.57. The van der Waals surface area contributed by atoms with Gasteiger partial charge >= 0.3 is 11.9 Å². The fourth-order valence-electron chi connectivity index (χ4n) is 1.43. The van der Waals surface area contributed by atoms with Crippen LogP contribution in [-0.4, -0.2) is 41.9 Å². The Morgan fingerprint density at radius 2 is 2.20 bits per heavy atom. The van der Waals surface area contributed by atoms with Crippen LogP contribution in [-0.2, 0) is 20.1 Å². The lowest BCUT2D eigenvalue weighted by atomic mass is 10.3. The minimum absolute atomic E-state index is 0.103. The van der Waals surface area contributed by atoms with Crippen molar-refractivity contribution in [2.24, 2.45) is 0 Å². The summed E-state index contributed by atoms with van der Waals surface area (Å²) in [7, 11) is 1.25. The zero-order valence-electron chi connectivity index (χ0n) is 11.0. The second kappa shape index (κ2) is 7.59. The number of carbonyl (C=O) groups is 3. The monoisotopic (exact) mass is 301 g/mol. The molecule has 20 heavy (non-hydrogen) atoms. The van der Waals surface area contributed by atoms with Gasteiger partial charge in [0.05, 0.1) is 13.4 Å². The molecule has 0 radical (unpaired) electrons. The number of amides is 1. The second-order valence-corrected chi connectivity index (χ2v) is 4.90. The molecule has 0 bridgehead atoms. The minimum atomic E-state index is -1.10. The molecule has 0 saturated heterocycles. The maximum Gasteiger partial charge on any atom is 0.374 e. The Labute approximate surface area is 119 Å². The number of aliphatic carboxylic acids is 1. The van der Waals surface area contributed by atoms with Crippen LogP contribution in [0.3, 0.4) is 0 Å². The lowest BCUT2D eigenvalue weighted by molar-refractivity contribution is -0.140. The number of hydrogen-bond donors (Lipinski definition) is 2. The highest BCUT2D eigenvalue weighted by atomic mass is 32.2. The summed E-state index contributed by atoms with van der Waals surface area (Å²) in [5.74, 6) is -1.43. The third kappa shape index (κ3) is 4.61. The highest BCUT2D eigenvalue weighted by molar-refractivity contribution is 7.98. The van der Waals surface area contributed by atoms with Crippen molar-refractivity contribution in [3.8, 4) is 0 Å². The van der Waals surface area contributed by atoms with Crippen LogP contribution in [0, 0.1) is 0 Å². The van der Waals surface area contributed by atoms with E-state index in [9.17, 15) is 14.4 Å². The molecule has 0 fully saturated rings. The van der Waals surface area contributed by atoms with Gasteiger partial charge in [0.1, 0.15) is 6.04 Å². The molecule has 110 valence electrons. The van der Waals surface area contributed by atoms with Gasteiger partial charge in [0.15, 0.2) is 0 Å². The minimum Gasteiger partial charge on any atom is -0.480 e. The number of nitrogens with one attached hydrogen (secondary N) is 1. The SMILES string of the molecule is COC(=O)c1occc1CSCC(NC(C)=O)C(=O)O. The van der Waals surface area contributed by atoms with Crippen molar-refractivity contribution in [1.82, 2.24) is 5.32 Å². The second-order valence-electron chi connectivity index (χ2n) is 3.87. The van der Waals surface area contributed by atoms with Crippen molar-refractivity contribution in [1.29, 1.82) is 0 Å². The smallest absolute Gasteiger partial charge is 0.374 e. The zero-order chi connectivity index (χ0) is 15.1. The number of thioether (sulfide) groups is 1. The topological polar surface area (TPSA) is 106 Å². The Hall–Kier alpha value is -1.96. The van der Waals surface area contributed by atoms with Crippen LogP contribution < -0.4 is 5.32 Å². The van der Waals surface area contributed by atoms with Gasteiger partial charge in [-0.2, -0.15) is 11.8 Å². The highest BCUT2D eigenvalue weighted by Gasteiger charge is 2.20. The third-order valence-corrected chi connectivity index (χ3v) is 3.42. The van der Waals surface area contributed by atoms with Gasteiger partial charge in [-0.1, -0.05) is 0 Å². The van der Waals surface area contributed by atoms with Gasteiger partial charge in [-0.15, -0.1) is 0 Å². The van der Waals surface area contributed by atoms with E-state index in [1.165, 1.54) is 32.1 Å². The summed E-state index contributed by atoms with van der Waals surface area (Å²) in [5.41, 5.74) is 0.619. The number of esters is 1. The van der Waals surface area contributed by atoms with Gasteiger partial charge in [-0.25, -0.2) is 9.59 Å². The van der Waals surface area contributed by atoms with Crippen LogP contribution in [0.4, 0.5) is 0 Å². The van der Waals surface area contributed by atoms with E-state index in [0.717, 1.165) is 0 Å². The van der Waals surface area contributed by atoms with Crippen LogP contribution in [0.2, 0.25) is 0 Å². The molecule has 0 saturated carbocycles. The fraction of sp³-hybridized carbons (Fsp3) is 0.417. The van der Waals surface area contributed by atoms with Crippen molar-refractivity contribution >= 4 is 29.6 Å². The maximum atomic E-state index is 11.4. The van der Waals surface area contributed by atoms with Crippen LogP contribution in [0.1, 0.15) is 23.0 Å². The number of carboxylic acids is 1. The molecule has 0 aliphatic heterocycles. The van der Waals surface area contributed by atoms with E-state index in [0.29, 0.717) is 11.3 Å². The van der Waals surface area contributed by atoms with Gasteiger partial charge in [0.2, 0.25) is 11.7 Å². The molecule has 0 aliphatic rings. The summed E-state index contributed by atoms with van der Waals surface area (Å²) in [6, 6.07) is 0.652. The lowest BCUT2D eigenvalue weighted by Crippen LogP contribution is -2.41. The Balaban J connectivity index is 2.55. The van der Waals surface area contributed by atoms with E-state index in [2.05, 4.69) is 10.1 Å². The van der Waals surface area contributed by atoms with E-state index in [-0.39, 0.29) is 11.5 Å². The molecule has 7 nitrogen and oxygen atoms in total. The molecule has 1 heterocycles. The standard InChI is InChI=1S/C12H15NO6S/c1-7(14)13-9(11(15)16)6-20-5-8-3-4-19-10(8)12(17)18-2/h3-4,9H,5-6H2,1-2H3,(H,13,14)(H,15,16). The van der Waals surface area contributed by atoms with Crippen molar-refractivity contribution in [2.45, 2.75) is 18.7 Å². The molecule has 1 aromatic heterocycles. The molecule has 1 atom stereocenters. The average molecular weight is 301 g/mol. The molecule has 1 amide bonds. The molecule has 1 aromatic rings. The molecular weight excluding hydrogens is 286 g/mol. The van der Waals surface area contributed by atoms with E-state index in [1.54, 1.807) is 6.07 Å². The van der Waals surface area contributed by atoms with Crippen LogP contribution in [0.15, 0.2) is 16.7 Å². The Bertz CT molecular complexity index is 498. The van der Waals surface area contributed by atoms with Crippen molar-refractivity contribution in [2.75, 3.05) is 12.9 Å². The summed E-state index contributed by atoms with van der Waals surface area (Å²) in [6.45, 7) is 1.26. The number of methoxy groups -OCH3 is 1. The number of carbonyl (C=O) groups excluding carboxylic acids is 2. The van der Waals surface area contributed by atoms with Crippen molar-refractivity contribution in [3.63, 3.8) is 0 Å². The Morgan fingerprint density at radius 1 is 1.50 bits per heavy atom. The summed E-state index contributed by atoms with van der Waals surface area (Å²) in [4.78, 5) is 33.2. The third-order valence-electron chi connectivity index (χ3n) is 2.34. The first-order valence-corrected chi connectivity index (χ1v) is 6.83. The van der Waals surface area contributed by atoms with E-state index >= 15 is 0 Å². The number of carboxylic acid groups (broad SMARTS) is 1. The first kappa shape index (κ1) is 16.1. The highest BCUT2D eigenvalue weighted by Crippen LogP contribution is 2.19. The Kier molecular flexibility index (Phi) is 6.10. The Morgan fingerprint density at radius 3 is 2.75 bits per heavy atom. The zero-order valence-corrected chi connectivity index (χ0v) is 11.9. The molecule has 0 aliphatic carbocycles. The van der Waals surface area contributed by atoms with Crippen LogP contribution >= 0.6 is 11.8 Å². The summed E-state index contributed by atoms with van der Waals surface area (Å²) >= 11 is 1.27. The lowest BCUT2D eigenvalue weighted by Gasteiger charge is -2.12. The molecule has 0 aromatic carbocycles. The maximum absolute atomic E-state index is 11.4. The molecule has 1 unspecified atom stereocenters. The predicted molar refractivity (Wildman–Crippen MR) is 71.5 cm³/mol. The van der Waals surface area contributed by atoms with Gasteiger partial charge < -0.3 is 19.6 Å². The molecule has 2 N–H and O–H groups in total. The molecule has 1 rings (SSSR count). The number of furan rings is 1. The normalized spacial score (nSPS) is 11.7. The molecular formula is C12H15NO6S. The fourth-order valence-corrected chi connectivity index (χ4v) is 2.45. The summed E-state index contributed by atoms with van der Waals surface area (Å²) in [6.07, 6.45) is 1.37. The van der Waals surface area contributed by atoms with Gasteiger partial charge in [0, 0.05) is 24.0 Å². The number of ether oxygens (including phenoxy) is 1. The first-order chi connectivity index (χ1) is 9.45. The van der Waals surface area contributed by atoms with Crippen LogP contribution in [0.25, 0.3) is 0 Å². The van der Waals surface area contributed by atoms with Crippen molar-refractivity contribution in [3.05, 3.63) is 23.7 Å². The van der Waals surface area contributed by atoms with Crippen LogP contribution in [0.5, 0.6) is 0 Å². The summed E-state index contributed by atoms with van der Waals surface area (Å²) in [5, 5.41) is 11.3. The number of hydrogen-bond acceptors (Lipinski definition) is 6.